The zero-order valence-corrected chi connectivity index (χ0v) is 19.6. The zero-order valence-electron chi connectivity index (χ0n) is 18.8. The molecule has 1 unspecified atom stereocenters. The Hall–Kier alpha value is -3.35. The fraction of sp³-hybridized carbons (Fsp3) is 0.259. The van der Waals surface area contributed by atoms with E-state index in [4.69, 9.17) is 16.7 Å². The highest BCUT2D eigenvalue weighted by atomic mass is 35.5. The largest absolute Gasteiger partial charge is 0.465 e. The van der Waals surface area contributed by atoms with Gasteiger partial charge in [0.25, 0.3) is 5.91 Å². The Bertz CT molecular complexity index is 1120. The Balaban J connectivity index is 1.21. The normalized spacial score (nSPS) is 15.7. The molecule has 34 heavy (non-hydrogen) atoms. The number of carbonyl (C=O) groups excluding carboxylic acids is 1. The van der Waals surface area contributed by atoms with Crippen LogP contribution in [0.2, 0.25) is 5.02 Å². The minimum absolute atomic E-state index is 0.00836. The van der Waals surface area contributed by atoms with E-state index in [1.165, 1.54) is 5.56 Å². The molecule has 3 aromatic carbocycles. The van der Waals surface area contributed by atoms with Crippen molar-refractivity contribution >= 4 is 23.6 Å². The highest BCUT2D eigenvalue weighted by molar-refractivity contribution is 6.30. The van der Waals surface area contributed by atoms with Gasteiger partial charge in [-0.25, -0.2) is 4.79 Å². The van der Waals surface area contributed by atoms with Crippen molar-refractivity contribution in [1.82, 2.24) is 15.5 Å². The van der Waals surface area contributed by atoms with Gasteiger partial charge in [-0.15, -0.1) is 0 Å². The highest BCUT2D eigenvalue weighted by Gasteiger charge is 2.23. The molecule has 0 aliphatic carbocycles. The molecular formula is C27H28ClN3O3. The predicted octanol–water partition coefficient (Wildman–Crippen LogP) is 4.82. The van der Waals surface area contributed by atoms with Gasteiger partial charge in [-0.05, 0) is 59.4 Å². The number of carbonyl (C=O) groups is 2. The van der Waals surface area contributed by atoms with Crippen LogP contribution in [-0.4, -0.2) is 47.7 Å². The molecule has 0 aromatic heterocycles. The average molecular weight is 478 g/mol. The second-order valence-corrected chi connectivity index (χ2v) is 9.01. The predicted molar refractivity (Wildman–Crippen MR) is 134 cm³/mol. The monoisotopic (exact) mass is 477 g/mol. The molecular weight excluding hydrogens is 450 g/mol. The molecule has 0 saturated carbocycles. The van der Waals surface area contributed by atoms with Crippen LogP contribution >= 0.6 is 11.6 Å². The molecule has 1 fully saturated rings. The summed E-state index contributed by atoms with van der Waals surface area (Å²) in [4.78, 5) is 25.5. The summed E-state index contributed by atoms with van der Waals surface area (Å²) in [6.45, 7) is 2.99. The Morgan fingerprint density at radius 3 is 2.18 bits per heavy atom. The summed E-state index contributed by atoms with van der Waals surface area (Å²) in [5.74, 6) is -0.0853. The summed E-state index contributed by atoms with van der Waals surface area (Å²) in [5.41, 5.74) is 5.09. The van der Waals surface area contributed by atoms with E-state index >= 15 is 0 Å². The van der Waals surface area contributed by atoms with Crippen molar-refractivity contribution in [3.05, 3.63) is 94.5 Å². The van der Waals surface area contributed by atoms with E-state index in [1.54, 1.807) is 0 Å². The lowest BCUT2D eigenvalue weighted by Gasteiger charge is -2.16. The highest BCUT2D eigenvalue weighted by Crippen LogP contribution is 2.22. The topological polar surface area (TPSA) is 81.7 Å². The van der Waals surface area contributed by atoms with E-state index in [1.807, 2.05) is 48.5 Å². The van der Waals surface area contributed by atoms with Crippen LogP contribution in [0.5, 0.6) is 0 Å². The number of likely N-dealkylation sites (tertiary alicyclic amines) is 1. The molecule has 1 aliphatic rings. The van der Waals surface area contributed by atoms with Crippen LogP contribution in [0, 0.1) is 0 Å². The lowest BCUT2D eigenvalue weighted by Crippen LogP contribution is -2.35. The summed E-state index contributed by atoms with van der Waals surface area (Å²) < 4.78 is 0. The number of hydrogen-bond acceptors (Lipinski definition) is 3. The second-order valence-electron chi connectivity index (χ2n) is 8.58. The van der Waals surface area contributed by atoms with Crippen molar-refractivity contribution < 1.29 is 14.7 Å². The molecule has 1 heterocycles. The van der Waals surface area contributed by atoms with Crippen LogP contribution in [0.15, 0.2) is 72.8 Å². The molecule has 2 amide bonds. The smallest absolute Gasteiger partial charge is 0.404 e. The van der Waals surface area contributed by atoms with Gasteiger partial charge in [0.1, 0.15) is 0 Å². The fourth-order valence-electron chi connectivity index (χ4n) is 4.22. The molecule has 176 valence electrons. The Morgan fingerprint density at radius 1 is 0.912 bits per heavy atom. The van der Waals surface area contributed by atoms with E-state index < -0.39 is 6.09 Å². The molecule has 1 atom stereocenters. The summed E-state index contributed by atoms with van der Waals surface area (Å²) in [6.07, 6.45) is 0.634. The van der Waals surface area contributed by atoms with Crippen molar-refractivity contribution in [1.29, 1.82) is 0 Å². The molecule has 6 nitrogen and oxygen atoms in total. The van der Waals surface area contributed by atoms with Crippen LogP contribution in [0.4, 0.5) is 4.79 Å². The van der Waals surface area contributed by atoms with Gasteiger partial charge in [0, 0.05) is 42.8 Å². The van der Waals surface area contributed by atoms with Gasteiger partial charge in [0.2, 0.25) is 0 Å². The van der Waals surface area contributed by atoms with Gasteiger partial charge in [0.15, 0.2) is 0 Å². The molecule has 3 aromatic rings. The van der Waals surface area contributed by atoms with Gasteiger partial charge in [-0.2, -0.15) is 0 Å². The van der Waals surface area contributed by atoms with Crippen LogP contribution in [-0.2, 0) is 13.0 Å². The molecule has 1 saturated heterocycles. The Morgan fingerprint density at radius 2 is 1.53 bits per heavy atom. The van der Waals surface area contributed by atoms with Crippen LogP contribution < -0.4 is 10.6 Å². The average Bonchev–Trinajstić information content (AvgIpc) is 3.26. The number of halogens is 1. The van der Waals surface area contributed by atoms with Crippen molar-refractivity contribution in [2.45, 2.75) is 25.4 Å². The third-order valence-corrected chi connectivity index (χ3v) is 6.30. The molecule has 3 N–H and O–H groups in total. The first kappa shape index (κ1) is 23.8. The molecule has 0 radical (unpaired) electrons. The maximum Gasteiger partial charge on any atom is 0.404 e. The lowest BCUT2D eigenvalue weighted by molar-refractivity contribution is 0.0954. The number of carboxylic acid groups (broad SMARTS) is 1. The molecule has 4 rings (SSSR count). The summed E-state index contributed by atoms with van der Waals surface area (Å²) >= 11 is 5.95. The number of benzene rings is 3. The van der Waals surface area contributed by atoms with Gasteiger partial charge >= 0.3 is 6.09 Å². The number of rotatable bonds is 8. The first-order valence-electron chi connectivity index (χ1n) is 11.4. The minimum Gasteiger partial charge on any atom is -0.465 e. The zero-order chi connectivity index (χ0) is 23.9. The second kappa shape index (κ2) is 11.2. The van der Waals surface area contributed by atoms with Crippen molar-refractivity contribution in [3.8, 4) is 11.1 Å². The van der Waals surface area contributed by atoms with Crippen molar-refractivity contribution in [2.75, 3.05) is 19.6 Å². The summed E-state index contributed by atoms with van der Waals surface area (Å²) in [7, 11) is 0. The molecule has 7 heteroatoms. The molecule has 1 aliphatic heterocycles. The maximum absolute atomic E-state index is 12.5. The van der Waals surface area contributed by atoms with Crippen LogP contribution in [0.25, 0.3) is 11.1 Å². The van der Waals surface area contributed by atoms with Crippen LogP contribution in [0.1, 0.15) is 27.9 Å². The number of hydrogen-bond donors (Lipinski definition) is 3. The van der Waals surface area contributed by atoms with Gasteiger partial charge in [-0.1, -0.05) is 60.1 Å². The number of amides is 2. The number of nitrogens with one attached hydrogen (secondary N) is 2. The Labute approximate surface area is 204 Å². The van der Waals surface area contributed by atoms with E-state index in [0.717, 1.165) is 49.2 Å². The third-order valence-electron chi connectivity index (χ3n) is 6.05. The van der Waals surface area contributed by atoms with E-state index in [2.05, 4.69) is 39.8 Å². The van der Waals surface area contributed by atoms with Gasteiger partial charge in [-0.3, -0.25) is 9.69 Å². The van der Waals surface area contributed by atoms with E-state index in [-0.39, 0.29) is 11.9 Å². The maximum atomic E-state index is 12.5. The van der Waals surface area contributed by atoms with Gasteiger partial charge < -0.3 is 15.7 Å². The van der Waals surface area contributed by atoms with E-state index in [0.29, 0.717) is 17.1 Å². The first-order valence-corrected chi connectivity index (χ1v) is 11.8. The van der Waals surface area contributed by atoms with Crippen molar-refractivity contribution in [3.63, 3.8) is 0 Å². The molecule has 0 bridgehead atoms. The molecule has 0 spiro atoms. The van der Waals surface area contributed by atoms with Crippen molar-refractivity contribution in [2.24, 2.45) is 0 Å². The van der Waals surface area contributed by atoms with Gasteiger partial charge in [0.05, 0.1) is 0 Å². The summed E-state index contributed by atoms with van der Waals surface area (Å²) in [6, 6.07) is 23.6. The van der Waals surface area contributed by atoms with Crippen LogP contribution in [0.3, 0.4) is 0 Å². The lowest BCUT2D eigenvalue weighted by atomic mass is 10.0. The minimum atomic E-state index is -0.960. The summed E-state index contributed by atoms with van der Waals surface area (Å²) in [5, 5.41) is 15.1. The van der Waals surface area contributed by atoms with E-state index in [9.17, 15) is 9.59 Å². The Kier molecular flexibility index (Phi) is 7.83. The fourth-order valence-corrected chi connectivity index (χ4v) is 4.34. The third kappa shape index (κ3) is 6.59. The number of nitrogens with zero attached hydrogens (tertiary/aromatic N) is 1. The standard InChI is InChI=1S/C27H28ClN3O3/c28-24-11-9-22(10-12-24)21-5-7-23(8-6-21)26(32)29-15-13-19-1-3-20(4-2-19)17-31-16-14-25(18-31)30-27(33)34/h1-12,25,30H,13-18H2,(H,29,32)(H,33,34). The first-order chi connectivity index (χ1) is 16.5. The quantitative estimate of drug-likeness (QED) is 0.434. The SMILES string of the molecule is O=C(O)NC1CCN(Cc2ccc(CCNC(=O)c3ccc(-c4ccc(Cl)cc4)cc3)cc2)C1.